The van der Waals surface area contributed by atoms with Crippen LogP contribution in [0, 0.1) is 30.6 Å². The average Bonchev–Trinajstić information content (AvgIpc) is 2.37. The van der Waals surface area contributed by atoms with E-state index in [0.717, 1.165) is 29.7 Å². The molecule has 1 N–H and O–H groups in total. The first-order chi connectivity index (χ1) is 9.19. The first-order valence-corrected chi connectivity index (χ1v) is 8.51. The summed E-state index contributed by atoms with van der Waals surface area (Å²) in [5.74, 6) is 3.98. The van der Waals surface area contributed by atoms with Gasteiger partial charge in [-0.3, -0.25) is 0 Å². The molecule has 1 aromatic carbocycles. The molecule has 19 heavy (non-hydrogen) atoms. The van der Waals surface area contributed by atoms with E-state index in [9.17, 15) is 0 Å². The van der Waals surface area contributed by atoms with Crippen LogP contribution in [0.5, 0.6) is 0 Å². The van der Waals surface area contributed by atoms with E-state index < -0.39 is 0 Å². The Balaban J connectivity index is 1.58. The van der Waals surface area contributed by atoms with Gasteiger partial charge in [0.2, 0.25) is 0 Å². The van der Waals surface area contributed by atoms with Crippen LogP contribution in [-0.2, 0) is 0 Å². The molecule has 0 aromatic heterocycles. The average molecular weight is 320 g/mol. The molecule has 0 saturated heterocycles. The molecule has 4 aliphatic carbocycles. The summed E-state index contributed by atoms with van der Waals surface area (Å²) in [4.78, 5) is 0. The lowest BCUT2D eigenvalue weighted by molar-refractivity contribution is 0.00752. The summed E-state index contributed by atoms with van der Waals surface area (Å²) in [6, 6.07) is 7.36. The molecule has 0 atom stereocenters. The monoisotopic (exact) mass is 319 g/mol. The first-order valence-electron chi connectivity index (χ1n) is 7.71. The minimum absolute atomic E-state index is 0.728. The van der Waals surface area contributed by atoms with Gasteiger partial charge in [0, 0.05) is 16.2 Å². The number of aryl methyl sites for hydroxylation is 1. The Morgan fingerprint density at radius 2 is 1.63 bits per heavy atom. The van der Waals surface area contributed by atoms with Gasteiger partial charge in [-0.05, 0) is 96.3 Å². The van der Waals surface area contributed by atoms with E-state index in [1.807, 2.05) is 0 Å². The van der Waals surface area contributed by atoms with Crippen LogP contribution < -0.4 is 5.32 Å². The third kappa shape index (κ3) is 2.12. The van der Waals surface area contributed by atoms with Crippen LogP contribution in [0.3, 0.4) is 0 Å². The van der Waals surface area contributed by atoms with Gasteiger partial charge in [-0.2, -0.15) is 0 Å². The van der Waals surface area contributed by atoms with Gasteiger partial charge in [0.15, 0.2) is 0 Å². The van der Waals surface area contributed by atoms with Gasteiger partial charge in [0.25, 0.3) is 0 Å². The summed E-state index contributed by atoms with van der Waals surface area (Å²) >= 11 is 3.70. The highest BCUT2D eigenvalue weighted by Gasteiger charge is 2.48. The second-order valence-corrected chi connectivity index (χ2v) is 7.94. The summed E-state index contributed by atoms with van der Waals surface area (Å²) in [5.41, 5.74) is 2.65. The van der Waals surface area contributed by atoms with Gasteiger partial charge < -0.3 is 5.32 Å². The Labute approximate surface area is 124 Å². The van der Waals surface area contributed by atoms with Crippen LogP contribution in [0.4, 0.5) is 5.69 Å². The summed E-state index contributed by atoms with van der Waals surface area (Å²) in [5, 5.41) is 3.89. The SMILES string of the molecule is Cc1ccc(Br)c(NC2C3CC4CC(C3)CC2C4)c1. The molecule has 0 unspecified atom stereocenters. The summed E-state index contributed by atoms with van der Waals surface area (Å²) < 4.78 is 1.21. The molecule has 5 rings (SSSR count). The van der Waals surface area contributed by atoms with E-state index in [1.54, 1.807) is 0 Å². The fourth-order valence-electron chi connectivity index (χ4n) is 5.09. The van der Waals surface area contributed by atoms with Gasteiger partial charge in [-0.25, -0.2) is 0 Å². The topological polar surface area (TPSA) is 12.0 Å². The minimum atomic E-state index is 0.728. The Bertz CT molecular complexity index is 468. The second-order valence-electron chi connectivity index (χ2n) is 7.08. The predicted molar refractivity (Wildman–Crippen MR) is 83.3 cm³/mol. The van der Waals surface area contributed by atoms with E-state index in [1.165, 1.54) is 47.8 Å². The zero-order chi connectivity index (χ0) is 13.0. The Hall–Kier alpha value is -0.500. The van der Waals surface area contributed by atoms with Crippen molar-refractivity contribution in [1.82, 2.24) is 0 Å². The minimum Gasteiger partial charge on any atom is -0.381 e. The number of hydrogen-bond acceptors (Lipinski definition) is 1. The molecule has 102 valence electrons. The zero-order valence-electron chi connectivity index (χ0n) is 11.5. The highest BCUT2D eigenvalue weighted by atomic mass is 79.9. The van der Waals surface area contributed by atoms with Crippen molar-refractivity contribution in [3.63, 3.8) is 0 Å². The molecular weight excluding hydrogens is 298 g/mol. The molecule has 4 aliphatic rings. The Morgan fingerprint density at radius 3 is 2.26 bits per heavy atom. The van der Waals surface area contributed by atoms with Gasteiger partial charge in [0.1, 0.15) is 0 Å². The maximum absolute atomic E-state index is 3.89. The number of anilines is 1. The van der Waals surface area contributed by atoms with E-state index >= 15 is 0 Å². The standard InChI is InChI=1S/C17H22BrN/c1-10-2-3-15(18)16(4-10)19-17-13-6-11-5-12(8-13)9-14(17)7-11/h2-4,11-14,17,19H,5-9H2,1H3. The Kier molecular flexibility index (Phi) is 2.91. The fraction of sp³-hybridized carbons (Fsp3) is 0.647. The summed E-state index contributed by atoms with van der Waals surface area (Å²) in [7, 11) is 0. The lowest BCUT2D eigenvalue weighted by Crippen LogP contribution is -2.51. The molecule has 0 radical (unpaired) electrons. The molecule has 0 amide bonds. The maximum Gasteiger partial charge on any atom is 0.0489 e. The molecule has 4 fully saturated rings. The van der Waals surface area contributed by atoms with Gasteiger partial charge in [-0.1, -0.05) is 6.07 Å². The fourth-order valence-corrected chi connectivity index (χ4v) is 5.45. The van der Waals surface area contributed by atoms with Crippen LogP contribution in [0.15, 0.2) is 22.7 Å². The molecular formula is C17H22BrN. The van der Waals surface area contributed by atoms with Crippen LogP contribution in [0.25, 0.3) is 0 Å². The van der Waals surface area contributed by atoms with Gasteiger partial charge in [-0.15, -0.1) is 0 Å². The highest BCUT2D eigenvalue weighted by molar-refractivity contribution is 9.10. The van der Waals surface area contributed by atoms with Crippen molar-refractivity contribution in [3.8, 4) is 0 Å². The molecule has 1 nitrogen and oxygen atoms in total. The van der Waals surface area contributed by atoms with Crippen molar-refractivity contribution in [3.05, 3.63) is 28.2 Å². The van der Waals surface area contributed by atoms with Crippen molar-refractivity contribution < 1.29 is 0 Å². The molecule has 0 spiro atoms. The molecule has 4 bridgehead atoms. The lowest BCUT2D eigenvalue weighted by atomic mass is 9.54. The molecule has 2 heteroatoms. The lowest BCUT2D eigenvalue weighted by Gasteiger charge is -2.54. The van der Waals surface area contributed by atoms with Crippen molar-refractivity contribution >= 4 is 21.6 Å². The normalized spacial score (nSPS) is 39.6. The largest absolute Gasteiger partial charge is 0.381 e. The Morgan fingerprint density at radius 1 is 1.00 bits per heavy atom. The van der Waals surface area contributed by atoms with Crippen molar-refractivity contribution in [1.29, 1.82) is 0 Å². The maximum atomic E-state index is 3.89. The number of nitrogens with one attached hydrogen (secondary N) is 1. The smallest absolute Gasteiger partial charge is 0.0489 e. The molecule has 4 saturated carbocycles. The van der Waals surface area contributed by atoms with Crippen LogP contribution in [-0.4, -0.2) is 6.04 Å². The van der Waals surface area contributed by atoms with Gasteiger partial charge >= 0.3 is 0 Å². The number of hydrogen-bond donors (Lipinski definition) is 1. The third-order valence-corrected chi connectivity index (χ3v) is 6.36. The zero-order valence-corrected chi connectivity index (χ0v) is 13.1. The third-order valence-electron chi connectivity index (χ3n) is 5.67. The summed E-state index contributed by atoms with van der Waals surface area (Å²) in [6.07, 6.45) is 7.46. The van der Waals surface area contributed by atoms with E-state index in [-0.39, 0.29) is 0 Å². The predicted octanol–water partition coefficient (Wildman–Crippen LogP) is 4.99. The van der Waals surface area contributed by atoms with E-state index in [2.05, 4.69) is 46.4 Å². The second kappa shape index (κ2) is 4.51. The summed E-state index contributed by atoms with van der Waals surface area (Å²) in [6.45, 7) is 2.18. The first kappa shape index (κ1) is 12.3. The van der Waals surface area contributed by atoms with Crippen LogP contribution >= 0.6 is 15.9 Å². The number of benzene rings is 1. The molecule has 0 heterocycles. The van der Waals surface area contributed by atoms with Crippen molar-refractivity contribution in [2.24, 2.45) is 23.7 Å². The molecule has 1 aromatic rings. The quantitative estimate of drug-likeness (QED) is 0.809. The van der Waals surface area contributed by atoms with Crippen LogP contribution in [0.2, 0.25) is 0 Å². The number of rotatable bonds is 2. The number of halogens is 1. The molecule has 0 aliphatic heterocycles. The van der Waals surface area contributed by atoms with E-state index in [4.69, 9.17) is 0 Å². The van der Waals surface area contributed by atoms with E-state index in [0.29, 0.717) is 0 Å². The highest BCUT2D eigenvalue weighted by Crippen LogP contribution is 2.54. The van der Waals surface area contributed by atoms with Crippen molar-refractivity contribution in [2.75, 3.05) is 5.32 Å². The van der Waals surface area contributed by atoms with Gasteiger partial charge in [0.05, 0.1) is 0 Å². The van der Waals surface area contributed by atoms with Crippen molar-refractivity contribution in [2.45, 2.75) is 45.1 Å². The van der Waals surface area contributed by atoms with Crippen LogP contribution in [0.1, 0.15) is 37.7 Å².